The third-order valence-corrected chi connectivity index (χ3v) is 3.66. The number of anilines is 1. The van der Waals surface area contributed by atoms with E-state index in [0.29, 0.717) is 21.5 Å². The van der Waals surface area contributed by atoms with Crippen LogP contribution in [0.2, 0.25) is 10.0 Å². The zero-order valence-electron chi connectivity index (χ0n) is 11.4. The first kappa shape index (κ1) is 15.5. The molecule has 0 aromatic heterocycles. The number of carbonyl (C=O) groups excluding carboxylic acids is 1. The van der Waals surface area contributed by atoms with Crippen LogP contribution in [0.15, 0.2) is 30.3 Å². The van der Waals surface area contributed by atoms with E-state index in [2.05, 4.69) is 5.32 Å². The Hall–Kier alpha value is -1.91. The Labute approximate surface area is 132 Å². The SMILES string of the molecule is COc1ccc(O)c(C(=O)Nc2cc(Cl)c(C)cc2Cl)c1. The monoisotopic (exact) mass is 325 g/mol. The Morgan fingerprint density at radius 3 is 2.57 bits per heavy atom. The standard InChI is InChI=1S/C15H13Cl2NO3/c1-8-5-12(17)13(7-11(8)16)18-15(20)10-6-9(21-2)3-4-14(10)19/h3-7,19H,1-2H3,(H,18,20). The van der Waals surface area contributed by atoms with Crippen molar-refractivity contribution in [3.8, 4) is 11.5 Å². The molecular formula is C15H13Cl2NO3. The number of phenolic OH excluding ortho intramolecular Hbond substituents is 1. The molecular weight excluding hydrogens is 313 g/mol. The summed E-state index contributed by atoms with van der Waals surface area (Å²) in [6, 6.07) is 7.60. The molecule has 0 bridgehead atoms. The summed E-state index contributed by atoms with van der Waals surface area (Å²) >= 11 is 12.1. The van der Waals surface area contributed by atoms with Crippen molar-refractivity contribution >= 4 is 34.8 Å². The number of phenols is 1. The quantitative estimate of drug-likeness (QED) is 0.886. The molecule has 0 aliphatic carbocycles. The van der Waals surface area contributed by atoms with Crippen molar-refractivity contribution in [2.75, 3.05) is 12.4 Å². The summed E-state index contributed by atoms with van der Waals surface area (Å²) in [6.07, 6.45) is 0. The van der Waals surface area contributed by atoms with Gasteiger partial charge >= 0.3 is 0 Å². The molecule has 0 saturated heterocycles. The second-order valence-electron chi connectivity index (χ2n) is 4.42. The first-order valence-corrected chi connectivity index (χ1v) is 6.82. The summed E-state index contributed by atoms with van der Waals surface area (Å²) in [5, 5.41) is 13.2. The highest BCUT2D eigenvalue weighted by atomic mass is 35.5. The predicted octanol–water partition coefficient (Wildman–Crippen LogP) is 4.27. The van der Waals surface area contributed by atoms with Crippen LogP contribution < -0.4 is 10.1 Å². The fourth-order valence-electron chi connectivity index (χ4n) is 1.76. The minimum atomic E-state index is -0.506. The molecule has 0 unspecified atom stereocenters. The molecule has 2 aromatic rings. The normalized spacial score (nSPS) is 10.3. The van der Waals surface area contributed by atoms with Gasteiger partial charge in [-0.1, -0.05) is 23.2 Å². The maximum Gasteiger partial charge on any atom is 0.259 e. The fraction of sp³-hybridized carbons (Fsp3) is 0.133. The molecule has 0 atom stereocenters. The lowest BCUT2D eigenvalue weighted by atomic mass is 10.1. The molecule has 0 radical (unpaired) electrons. The number of hydrogen-bond acceptors (Lipinski definition) is 3. The zero-order valence-corrected chi connectivity index (χ0v) is 12.9. The van der Waals surface area contributed by atoms with Crippen molar-refractivity contribution in [2.45, 2.75) is 6.92 Å². The van der Waals surface area contributed by atoms with Gasteiger partial charge < -0.3 is 15.2 Å². The molecule has 0 fully saturated rings. The van der Waals surface area contributed by atoms with E-state index in [9.17, 15) is 9.90 Å². The summed E-state index contributed by atoms with van der Waals surface area (Å²) in [5.41, 5.74) is 1.27. The van der Waals surface area contributed by atoms with Crippen LogP contribution in [0.1, 0.15) is 15.9 Å². The molecule has 0 aliphatic rings. The van der Waals surface area contributed by atoms with Gasteiger partial charge in [0.15, 0.2) is 0 Å². The van der Waals surface area contributed by atoms with Crippen LogP contribution in [0.4, 0.5) is 5.69 Å². The van der Waals surface area contributed by atoms with E-state index in [1.54, 1.807) is 18.2 Å². The van der Waals surface area contributed by atoms with E-state index < -0.39 is 5.91 Å². The first-order valence-electron chi connectivity index (χ1n) is 6.06. The highest BCUT2D eigenvalue weighted by molar-refractivity contribution is 6.36. The summed E-state index contributed by atoms with van der Waals surface area (Å²) in [5.74, 6) is -0.193. The second-order valence-corrected chi connectivity index (χ2v) is 5.23. The summed E-state index contributed by atoms with van der Waals surface area (Å²) in [7, 11) is 1.48. The summed E-state index contributed by atoms with van der Waals surface area (Å²) in [6.45, 7) is 1.81. The van der Waals surface area contributed by atoms with Crippen molar-refractivity contribution in [1.82, 2.24) is 0 Å². The maximum atomic E-state index is 12.2. The number of rotatable bonds is 3. The first-order chi connectivity index (χ1) is 9.92. The van der Waals surface area contributed by atoms with Crippen molar-refractivity contribution in [3.63, 3.8) is 0 Å². The van der Waals surface area contributed by atoms with Gasteiger partial charge in [-0.2, -0.15) is 0 Å². The number of hydrogen-bond donors (Lipinski definition) is 2. The van der Waals surface area contributed by atoms with Crippen LogP contribution in [0, 0.1) is 6.92 Å². The van der Waals surface area contributed by atoms with Crippen LogP contribution in [-0.2, 0) is 0 Å². The van der Waals surface area contributed by atoms with Gasteiger partial charge in [0.2, 0.25) is 0 Å². The van der Waals surface area contributed by atoms with Gasteiger partial charge in [-0.25, -0.2) is 0 Å². The van der Waals surface area contributed by atoms with E-state index in [1.807, 2.05) is 6.92 Å². The largest absolute Gasteiger partial charge is 0.507 e. The Kier molecular flexibility index (Phi) is 4.60. The fourth-order valence-corrected chi connectivity index (χ4v) is 2.18. The lowest BCUT2D eigenvalue weighted by Gasteiger charge is -2.11. The third-order valence-electron chi connectivity index (χ3n) is 2.94. The Morgan fingerprint density at radius 1 is 1.19 bits per heavy atom. The number of amides is 1. The number of carbonyl (C=O) groups is 1. The molecule has 2 N–H and O–H groups in total. The Balaban J connectivity index is 2.32. The number of aryl methyl sites for hydroxylation is 1. The van der Waals surface area contributed by atoms with Crippen molar-refractivity contribution < 1.29 is 14.6 Å². The van der Waals surface area contributed by atoms with E-state index in [4.69, 9.17) is 27.9 Å². The van der Waals surface area contributed by atoms with Crippen LogP contribution in [0.25, 0.3) is 0 Å². The van der Waals surface area contributed by atoms with Crippen LogP contribution in [-0.4, -0.2) is 18.1 Å². The maximum absolute atomic E-state index is 12.2. The lowest BCUT2D eigenvalue weighted by molar-refractivity contribution is 0.102. The highest BCUT2D eigenvalue weighted by Gasteiger charge is 2.15. The Morgan fingerprint density at radius 2 is 1.90 bits per heavy atom. The average Bonchev–Trinajstić information content (AvgIpc) is 2.45. The third kappa shape index (κ3) is 3.40. The Bertz CT molecular complexity index is 702. The molecule has 0 aliphatic heterocycles. The molecule has 6 heteroatoms. The molecule has 2 rings (SSSR count). The molecule has 0 heterocycles. The van der Waals surface area contributed by atoms with Gasteiger partial charge in [-0.15, -0.1) is 0 Å². The molecule has 0 spiro atoms. The van der Waals surface area contributed by atoms with Crippen molar-refractivity contribution in [3.05, 3.63) is 51.5 Å². The zero-order chi connectivity index (χ0) is 15.6. The summed E-state index contributed by atoms with van der Waals surface area (Å²) in [4.78, 5) is 12.2. The number of benzene rings is 2. The molecule has 21 heavy (non-hydrogen) atoms. The smallest absolute Gasteiger partial charge is 0.259 e. The van der Waals surface area contributed by atoms with Crippen LogP contribution in [0.5, 0.6) is 11.5 Å². The van der Waals surface area contributed by atoms with Gasteiger partial charge in [0, 0.05) is 5.02 Å². The van der Waals surface area contributed by atoms with E-state index >= 15 is 0 Å². The van der Waals surface area contributed by atoms with Gasteiger partial charge in [0.05, 0.1) is 23.4 Å². The van der Waals surface area contributed by atoms with E-state index in [0.717, 1.165) is 5.56 Å². The van der Waals surface area contributed by atoms with Crippen LogP contribution >= 0.6 is 23.2 Å². The number of aromatic hydroxyl groups is 1. The number of nitrogens with one attached hydrogen (secondary N) is 1. The van der Waals surface area contributed by atoms with Crippen molar-refractivity contribution in [2.24, 2.45) is 0 Å². The minimum Gasteiger partial charge on any atom is -0.507 e. The number of halogens is 2. The molecule has 1 amide bonds. The van der Waals surface area contributed by atoms with E-state index in [1.165, 1.54) is 19.2 Å². The van der Waals surface area contributed by atoms with Gasteiger partial charge in [0.25, 0.3) is 5.91 Å². The van der Waals surface area contributed by atoms with Gasteiger partial charge in [-0.05, 0) is 42.8 Å². The summed E-state index contributed by atoms with van der Waals surface area (Å²) < 4.78 is 5.03. The topological polar surface area (TPSA) is 58.6 Å². The lowest BCUT2D eigenvalue weighted by Crippen LogP contribution is -2.12. The van der Waals surface area contributed by atoms with Gasteiger partial charge in [-0.3, -0.25) is 4.79 Å². The number of methoxy groups -OCH3 is 1. The molecule has 4 nitrogen and oxygen atoms in total. The van der Waals surface area contributed by atoms with Crippen molar-refractivity contribution in [1.29, 1.82) is 0 Å². The minimum absolute atomic E-state index is 0.0853. The molecule has 2 aromatic carbocycles. The average molecular weight is 326 g/mol. The van der Waals surface area contributed by atoms with Gasteiger partial charge in [0.1, 0.15) is 11.5 Å². The molecule has 0 saturated carbocycles. The highest BCUT2D eigenvalue weighted by Crippen LogP contribution is 2.30. The second kappa shape index (κ2) is 6.24. The van der Waals surface area contributed by atoms with E-state index in [-0.39, 0.29) is 11.3 Å². The number of ether oxygens (including phenoxy) is 1. The molecule has 110 valence electrons. The predicted molar refractivity (Wildman–Crippen MR) is 83.8 cm³/mol. The van der Waals surface area contributed by atoms with Crippen LogP contribution in [0.3, 0.4) is 0 Å².